The molecule has 1 aromatic carbocycles. The minimum Gasteiger partial charge on any atom is -0.480 e. The van der Waals surface area contributed by atoms with E-state index >= 15 is 0 Å². The van der Waals surface area contributed by atoms with Gasteiger partial charge >= 0.3 is 5.97 Å². The third kappa shape index (κ3) is 3.96. The van der Waals surface area contributed by atoms with Crippen molar-refractivity contribution in [2.24, 2.45) is 5.73 Å². The summed E-state index contributed by atoms with van der Waals surface area (Å²) in [6.07, 6.45) is 1.01. The van der Waals surface area contributed by atoms with E-state index in [0.29, 0.717) is 24.3 Å². The second kappa shape index (κ2) is 6.91. The smallest absolute Gasteiger partial charge is 0.341 e. The van der Waals surface area contributed by atoms with E-state index in [1.54, 1.807) is 24.3 Å². The number of para-hydroxylation sites is 2. The first-order chi connectivity index (χ1) is 9.42. The number of hydrogen-bond donors (Lipinski definition) is 3. The largest absolute Gasteiger partial charge is 0.480 e. The summed E-state index contributed by atoms with van der Waals surface area (Å²) in [6, 6.07) is 6.65. The van der Waals surface area contributed by atoms with E-state index in [9.17, 15) is 9.59 Å². The van der Waals surface area contributed by atoms with Crippen LogP contribution in [0.2, 0.25) is 0 Å². The van der Waals surface area contributed by atoms with E-state index in [2.05, 4.69) is 5.32 Å². The number of carboxylic acid groups (broad SMARTS) is 1. The lowest BCUT2D eigenvalue weighted by Crippen LogP contribution is -2.50. The van der Waals surface area contributed by atoms with Gasteiger partial charge in [-0.05, 0) is 25.0 Å². The van der Waals surface area contributed by atoms with Crippen LogP contribution in [0.3, 0.4) is 0 Å². The third-order valence-corrected chi connectivity index (χ3v) is 3.20. The van der Waals surface area contributed by atoms with Crippen molar-refractivity contribution in [2.75, 3.05) is 11.9 Å². The van der Waals surface area contributed by atoms with Crippen molar-refractivity contribution in [3.05, 3.63) is 24.3 Å². The molecule has 0 saturated carbocycles. The van der Waals surface area contributed by atoms with Crippen LogP contribution in [-0.4, -0.2) is 29.1 Å². The van der Waals surface area contributed by atoms with Crippen LogP contribution in [0.1, 0.15) is 26.7 Å². The highest BCUT2D eigenvalue weighted by molar-refractivity contribution is 5.99. The normalized spacial score (nSPS) is 10.9. The lowest BCUT2D eigenvalue weighted by Gasteiger charge is -2.25. The molecule has 0 spiro atoms. The Morgan fingerprint density at radius 1 is 1.30 bits per heavy atom. The average Bonchev–Trinajstić information content (AvgIpc) is 2.45. The van der Waals surface area contributed by atoms with Gasteiger partial charge in [0.15, 0.2) is 6.61 Å². The number of hydrogen-bond acceptors (Lipinski definition) is 4. The van der Waals surface area contributed by atoms with Gasteiger partial charge in [-0.3, -0.25) is 4.79 Å². The zero-order valence-corrected chi connectivity index (χ0v) is 11.7. The number of anilines is 1. The Hall–Kier alpha value is -2.08. The molecule has 20 heavy (non-hydrogen) atoms. The molecule has 0 radical (unpaired) electrons. The molecular formula is C14H20N2O4. The number of nitrogens with two attached hydrogens (primary N) is 1. The van der Waals surface area contributed by atoms with Gasteiger partial charge in [0, 0.05) is 0 Å². The molecule has 0 heterocycles. The first kappa shape index (κ1) is 16.0. The van der Waals surface area contributed by atoms with Crippen LogP contribution in [0, 0.1) is 0 Å². The van der Waals surface area contributed by atoms with Gasteiger partial charge in [-0.1, -0.05) is 26.0 Å². The van der Waals surface area contributed by atoms with Crippen LogP contribution in [0.25, 0.3) is 0 Å². The highest BCUT2D eigenvalue weighted by atomic mass is 16.5. The molecule has 0 bridgehead atoms. The van der Waals surface area contributed by atoms with Crippen molar-refractivity contribution in [3.8, 4) is 5.75 Å². The minimum atomic E-state index is -1.08. The molecule has 0 atom stereocenters. The fourth-order valence-electron chi connectivity index (χ4n) is 1.65. The van der Waals surface area contributed by atoms with Crippen molar-refractivity contribution in [1.82, 2.24) is 0 Å². The third-order valence-electron chi connectivity index (χ3n) is 3.20. The van der Waals surface area contributed by atoms with Gasteiger partial charge in [-0.2, -0.15) is 0 Å². The van der Waals surface area contributed by atoms with E-state index < -0.39 is 18.1 Å². The van der Waals surface area contributed by atoms with Gasteiger partial charge in [0.25, 0.3) is 0 Å². The molecule has 0 aliphatic heterocycles. The number of carbonyl (C=O) groups excluding carboxylic acids is 1. The highest BCUT2D eigenvalue weighted by Gasteiger charge is 2.30. The first-order valence-corrected chi connectivity index (χ1v) is 6.47. The Balaban J connectivity index is 2.87. The van der Waals surface area contributed by atoms with Crippen molar-refractivity contribution < 1.29 is 19.4 Å². The van der Waals surface area contributed by atoms with Crippen LogP contribution in [0.15, 0.2) is 24.3 Å². The number of amides is 1. The molecule has 1 rings (SSSR count). The molecule has 110 valence electrons. The quantitative estimate of drug-likeness (QED) is 0.704. The molecule has 6 heteroatoms. The number of ether oxygens (including phenoxy) is 1. The molecule has 1 aromatic rings. The summed E-state index contributed by atoms with van der Waals surface area (Å²) in [5.41, 5.74) is 5.48. The summed E-state index contributed by atoms with van der Waals surface area (Å²) in [7, 11) is 0. The Labute approximate surface area is 117 Å². The van der Waals surface area contributed by atoms with Gasteiger partial charge in [-0.15, -0.1) is 0 Å². The van der Waals surface area contributed by atoms with E-state index in [4.69, 9.17) is 15.6 Å². The molecule has 6 nitrogen and oxygen atoms in total. The first-order valence-electron chi connectivity index (χ1n) is 6.47. The molecule has 0 fully saturated rings. The Morgan fingerprint density at radius 2 is 1.90 bits per heavy atom. The van der Waals surface area contributed by atoms with Crippen LogP contribution in [-0.2, 0) is 9.59 Å². The van der Waals surface area contributed by atoms with Crippen molar-refractivity contribution >= 4 is 17.6 Å². The van der Waals surface area contributed by atoms with Gasteiger partial charge in [0.05, 0.1) is 11.2 Å². The molecule has 0 saturated heterocycles. The summed E-state index contributed by atoms with van der Waals surface area (Å²) in [4.78, 5) is 22.7. The fourth-order valence-corrected chi connectivity index (χ4v) is 1.65. The molecule has 0 aliphatic rings. The van der Waals surface area contributed by atoms with Crippen molar-refractivity contribution in [3.63, 3.8) is 0 Å². The molecule has 0 aromatic heterocycles. The van der Waals surface area contributed by atoms with Crippen LogP contribution < -0.4 is 15.8 Å². The van der Waals surface area contributed by atoms with Crippen LogP contribution >= 0.6 is 0 Å². The maximum Gasteiger partial charge on any atom is 0.341 e. The Morgan fingerprint density at radius 3 is 2.45 bits per heavy atom. The van der Waals surface area contributed by atoms with Gasteiger partial charge < -0.3 is 20.9 Å². The molecule has 0 unspecified atom stereocenters. The highest BCUT2D eigenvalue weighted by Crippen LogP contribution is 2.25. The van der Waals surface area contributed by atoms with E-state index in [1.807, 2.05) is 13.8 Å². The Bertz CT molecular complexity index is 484. The summed E-state index contributed by atoms with van der Waals surface area (Å²) < 4.78 is 5.12. The average molecular weight is 280 g/mol. The molecular weight excluding hydrogens is 260 g/mol. The Kier molecular flexibility index (Phi) is 5.52. The standard InChI is InChI=1S/C14H20N2O4/c1-3-14(15,4-2)13(19)16-10-7-5-6-8-11(10)20-9-12(17)18/h5-8H,3-4,9,15H2,1-2H3,(H,16,19)(H,17,18). The maximum absolute atomic E-state index is 12.2. The monoisotopic (exact) mass is 280 g/mol. The van der Waals surface area contributed by atoms with E-state index in [-0.39, 0.29) is 5.91 Å². The summed E-state index contributed by atoms with van der Waals surface area (Å²) in [6.45, 7) is 3.22. The van der Waals surface area contributed by atoms with E-state index in [1.165, 1.54) is 0 Å². The lowest BCUT2D eigenvalue weighted by molar-refractivity contribution is -0.139. The zero-order chi connectivity index (χ0) is 15.2. The van der Waals surface area contributed by atoms with Crippen molar-refractivity contribution in [1.29, 1.82) is 0 Å². The zero-order valence-electron chi connectivity index (χ0n) is 11.7. The second-order valence-electron chi connectivity index (χ2n) is 4.50. The number of benzene rings is 1. The predicted octanol–water partition coefficient (Wildman–Crippen LogP) is 1.61. The topological polar surface area (TPSA) is 102 Å². The summed E-state index contributed by atoms with van der Waals surface area (Å²) >= 11 is 0. The predicted molar refractivity (Wildman–Crippen MR) is 75.7 cm³/mol. The number of aliphatic carboxylic acids is 1. The van der Waals surface area contributed by atoms with Crippen molar-refractivity contribution in [2.45, 2.75) is 32.2 Å². The molecule has 1 amide bonds. The molecule has 4 N–H and O–H groups in total. The van der Waals surface area contributed by atoms with Gasteiger partial charge in [0.1, 0.15) is 5.75 Å². The van der Waals surface area contributed by atoms with Crippen LogP contribution in [0.5, 0.6) is 5.75 Å². The fraction of sp³-hybridized carbons (Fsp3) is 0.429. The van der Waals surface area contributed by atoms with Gasteiger partial charge in [0.2, 0.25) is 5.91 Å². The number of nitrogens with one attached hydrogen (secondary N) is 1. The molecule has 0 aliphatic carbocycles. The van der Waals surface area contributed by atoms with Gasteiger partial charge in [-0.25, -0.2) is 4.79 Å². The number of rotatable bonds is 7. The second-order valence-corrected chi connectivity index (χ2v) is 4.50. The lowest BCUT2D eigenvalue weighted by atomic mass is 9.93. The SMILES string of the molecule is CCC(N)(CC)C(=O)Nc1ccccc1OCC(=O)O. The summed E-state index contributed by atoms with van der Waals surface area (Å²) in [5.74, 6) is -1.09. The number of carbonyl (C=O) groups is 2. The maximum atomic E-state index is 12.2. The van der Waals surface area contributed by atoms with Crippen LogP contribution in [0.4, 0.5) is 5.69 Å². The number of carboxylic acids is 1. The minimum absolute atomic E-state index is 0.304. The van der Waals surface area contributed by atoms with E-state index in [0.717, 1.165) is 0 Å². The summed E-state index contributed by atoms with van der Waals surface area (Å²) in [5, 5.41) is 11.3.